The highest BCUT2D eigenvalue weighted by Gasteiger charge is 2.13. The highest BCUT2D eigenvalue weighted by atomic mass is 79.9. The van der Waals surface area contributed by atoms with Crippen LogP contribution in [0.25, 0.3) is 11.5 Å². The van der Waals surface area contributed by atoms with Gasteiger partial charge in [0.05, 0.1) is 0 Å². The Morgan fingerprint density at radius 2 is 1.83 bits per heavy atom. The molecule has 0 spiro atoms. The number of carbonyl (C=O) groups is 1. The summed E-state index contributed by atoms with van der Waals surface area (Å²) in [6, 6.07) is 15.1. The summed E-state index contributed by atoms with van der Waals surface area (Å²) in [5.74, 6) is 0.144. The van der Waals surface area contributed by atoms with Crippen LogP contribution in [-0.4, -0.2) is 17.4 Å². The van der Waals surface area contributed by atoms with E-state index in [2.05, 4.69) is 26.2 Å². The minimum Gasteiger partial charge on any atom is -0.444 e. The monoisotopic (exact) mass is 385 g/mol. The molecule has 3 aromatic rings. The van der Waals surface area contributed by atoms with Gasteiger partial charge in [0.1, 0.15) is 6.26 Å². The highest BCUT2D eigenvalue weighted by molar-refractivity contribution is 9.10. The molecule has 1 aromatic heterocycles. The molecule has 1 heterocycles. The number of rotatable bonds is 5. The zero-order valence-electron chi connectivity index (χ0n) is 12.8. The molecule has 2 aromatic carbocycles. The van der Waals surface area contributed by atoms with Crippen molar-refractivity contribution >= 4 is 27.5 Å². The number of nitrogens with one attached hydrogen (secondary N) is 1. The number of nitrogens with zero attached hydrogens (tertiary/aromatic N) is 1. The summed E-state index contributed by atoms with van der Waals surface area (Å²) >= 11 is 3.40. The first-order valence-corrected chi connectivity index (χ1v) is 8.25. The molecule has 0 aliphatic carbocycles. The standard InChI is InChI=1S/C18H16BrN3O2/c19-14-5-1-12(2-6-14)9-10-21-17(23)16-11-24-18(22-16)13-3-7-15(20)8-4-13/h1-8,11H,9-10,20H2,(H,21,23). The van der Waals surface area contributed by atoms with Crippen molar-refractivity contribution < 1.29 is 9.21 Å². The van der Waals surface area contributed by atoms with Gasteiger partial charge in [0.2, 0.25) is 5.89 Å². The van der Waals surface area contributed by atoms with E-state index in [1.165, 1.54) is 6.26 Å². The van der Waals surface area contributed by atoms with E-state index in [-0.39, 0.29) is 11.6 Å². The van der Waals surface area contributed by atoms with Gasteiger partial charge in [-0.05, 0) is 48.4 Å². The Balaban J connectivity index is 1.57. The molecule has 0 saturated carbocycles. The molecule has 0 atom stereocenters. The quantitative estimate of drug-likeness (QED) is 0.656. The second kappa shape index (κ2) is 7.31. The number of hydrogen-bond donors (Lipinski definition) is 2. The van der Waals surface area contributed by atoms with Crippen molar-refractivity contribution in [3.05, 3.63) is 70.5 Å². The molecule has 3 rings (SSSR count). The number of nitrogens with two attached hydrogens (primary N) is 1. The molecular weight excluding hydrogens is 370 g/mol. The van der Waals surface area contributed by atoms with Crippen LogP contribution in [0.1, 0.15) is 16.1 Å². The van der Waals surface area contributed by atoms with Crippen LogP contribution in [-0.2, 0) is 6.42 Å². The summed E-state index contributed by atoms with van der Waals surface area (Å²) in [7, 11) is 0. The number of benzene rings is 2. The molecule has 6 heteroatoms. The summed E-state index contributed by atoms with van der Waals surface area (Å²) in [4.78, 5) is 16.3. The molecule has 0 bridgehead atoms. The van der Waals surface area contributed by atoms with Crippen molar-refractivity contribution in [1.82, 2.24) is 10.3 Å². The fourth-order valence-electron chi connectivity index (χ4n) is 2.20. The van der Waals surface area contributed by atoms with Crippen molar-refractivity contribution in [2.24, 2.45) is 0 Å². The minimum atomic E-state index is -0.252. The Kier molecular flexibility index (Phi) is 4.96. The Morgan fingerprint density at radius 3 is 2.54 bits per heavy atom. The number of nitrogen functional groups attached to an aromatic ring is 1. The van der Waals surface area contributed by atoms with Gasteiger partial charge in [0.15, 0.2) is 5.69 Å². The van der Waals surface area contributed by atoms with Crippen molar-refractivity contribution in [1.29, 1.82) is 0 Å². The van der Waals surface area contributed by atoms with Crippen molar-refractivity contribution in [3.8, 4) is 11.5 Å². The second-order valence-electron chi connectivity index (χ2n) is 5.29. The first kappa shape index (κ1) is 16.3. The molecule has 5 nitrogen and oxygen atoms in total. The van der Waals surface area contributed by atoms with E-state index in [0.717, 1.165) is 22.0 Å². The van der Waals surface area contributed by atoms with Gasteiger partial charge in [-0.1, -0.05) is 28.1 Å². The Hall–Kier alpha value is -2.60. The van der Waals surface area contributed by atoms with Gasteiger partial charge in [0.25, 0.3) is 5.91 Å². The molecular formula is C18H16BrN3O2. The van der Waals surface area contributed by atoms with E-state index >= 15 is 0 Å². The highest BCUT2D eigenvalue weighted by Crippen LogP contribution is 2.19. The average molecular weight is 386 g/mol. The third-order valence-corrected chi connectivity index (χ3v) is 4.04. The molecule has 0 saturated heterocycles. The maximum atomic E-state index is 12.1. The molecule has 0 aliphatic rings. The normalized spacial score (nSPS) is 10.5. The largest absolute Gasteiger partial charge is 0.444 e. The van der Waals surface area contributed by atoms with Crippen LogP contribution >= 0.6 is 15.9 Å². The number of amides is 1. The minimum absolute atomic E-state index is 0.252. The van der Waals surface area contributed by atoms with E-state index in [0.29, 0.717) is 18.1 Å². The van der Waals surface area contributed by atoms with Crippen LogP contribution < -0.4 is 11.1 Å². The summed E-state index contributed by atoms with van der Waals surface area (Å²) in [5, 5.41) is 2.84. The number of anilines is 1. The maximum Gasteiger partial charge on any atom is 0.273 e. The zero-order chi connectivity index (χ0) is 16.9. The van der Waals surface area contributed by atoms with Gasteiger partial charge < -0.3 is 15.5 Å². The Morgan fingerprint density at radius 1 is 1.12 bits per heavy atom. The molecule has 0 radical (unpaired) electrons. The first-order valence-electron chi connectivity index (χ1n) is 7.46. The van der Waals surface area contributed by atoms with Crippen molar-refractivity contribution in [2.75, 3.05) is 12.3 Å². The Labute approximate surface area is 148 Å². The number of halogens is 1. The van der Waals surface area contributed by atoms with E-state index in [9.17, 15) is 4.79 Å². The lowest BCUT2D eigenvalue weighted by atomic mass is 10.1. The number of carbonyl (C=O) groups excluding carboxylic acids is 1. The number of hydrogen-bond acceptors (Lipinski definition) is 4. The molecule has 1 amide bonds. The zero-order valence-corrected chi connectivity index (χ0v) is 14.4. The van der Waals surface area contributed by atoms with Gasteiger partial charge >= 0.3 is 0 Å². The van der Waals surface area contributed by atoms with Crippen LogP contribution in [0.4, 0.5) is 5.69 Å². The molecule has 0 aliphatic heterocycles. The summed E-state index contributed by atoms with van der Waals surface area (Å²) in [6.07, 6.45) is 2.11. The third kappa shape index (κ3) is 4.02. The van der Waals surface area contributed by atoms with Crippen LogP contribution in [0.2, 0.25) is 0 Å². The van der Waals surface area contributed by atoms with E-state index in [4.69, 9.17) is 10.2 Å². The maximum absolute atomic E-state index is 12.1. The topological polar surface area (TPSA) is 81.1 Å². The van der Waals surface area contributed by atoms with Gasteiger partial charge in [-0.3, -0.25) is 4.79 Å². The predicted molar refractivity (Wildman–Crippen MR) is 96.5 cm³/mol. The number of oxazole rings is 1. The molecule has 0 fully saturated rings. The molecule has 3 N–H and O–H groups in total. The van der Waals surface area contributed by atoms with Gasteiger partial charge in [-0.2, -0.15) is 0 Å². The Bertz CT molecular complexity index is 826. The van der Waals surface area contributed by atoms with Gasteiger partial charge in [-0.25, -0.2) is 4.98 Å². The number of aromatic nitrogens is 1. The van der Waals surface area contributed by atoms with Crippen LogP contribution in [0.3, 0.4) is 0 Å². The van der Waals surface area contributed by atoms with Gasteiger partial charge in [-0.15, -0.1) is 0 Å². The lowest BCUT2D eigenvalue weighted by Gasteiger charge is -2.03. The SMILES string of the molecule is Nc1ccc(-c2nc(C(=O)NCCc3ccc(Br)cc3)co2)cc1. The molecule has 122 valence electrons. The summed E-state index contributed by atoms with van der Waals surface area (Å²) in [5.41, 5.74) is 8.51. The second-order valence-corrected chi connectivity index (χ2v) is 6.21. The molecule has 0 unspecified atom stereocenters. The summed E-state index contributed by atoms with van der Waals surface area (Å²) in [6.45, 7) is 0.532. The van der Waals surface area contributed by atoms with Gasteiger partial charge in [0, 0.05) is 22.3 Å². The van der Waals surface area contributed by atoms with Crippen molar-refractivity contribution in [2.45, 2.75) is 6.42 Å². The molecule has 24 heavy (non-hydrogen) atoms. The lowest BCUT2D eigenvalue weighted by Crippen LogP contribution is -2.25. The third-order valence-electron chi connectivity index (χ3n) is 3.51. The first-order chi connectivity index (χ1) is 11.6. The smallest absolute Gasteiger partial charge is 0.273 e. The summed E-state index contributed by atoms with van der Waals surface area (Å²) < 4.78 is 6.41. The fraction of sp³-hybridized carbons (Fsp3) is 0.111. The van der Waals surface area contributed by atoms with E-state index < -0.39 is 0 Å². The fourth-order valence-corrected chi connectivity index (χ4v) is 2.46. The van der Waals surface area contributed by atoms with Crippen LogP contribution in [0.5, 0.6) is 0 Å². The lowest BCUT2D eigenvalue weighted by molar-refractivity contribution is 0.0949. The van der Waals surface area contributed by atoms with Crippen LogP contribution in [0.15, 0.2) is 63.7 Å². The predicted octanol–water partition coefficient (Wildman–Crippen LogP) is 3.66. The van der Waals surface area contributed by atoms with E-state index in [1.54, 1.807) is 24.3 Å². The van der Waals surface area contributed by atoms with Crippen LogP contribution in [0, 0.1) is 0 Å². The van der Waals surface area contributed by atoms with Crippen molar-refractivity contribution in [3.63, 3.8) is 0 Å². The average Bonchev–Trinajstić information content (AvgIpc) is 3.07. The van der Waals surface area contributed by atoms with E-state index in [1.807, 2.05) is 24.3 Å².